The molecule has 2 atom stereocenters. The Kier molecular flexibility index (Phi) is 5.97. The van der Waals surface area contributed by atoms with Crippen molar-refractivity contribution in [2.24, 2.45) is 11.8 Å². The fourth-order valence-corrected chi connectivity index (χ4v) is 2.07. The maximum Gasteiger partial charge on any atom is 0.307 e. The van der Waals surface area contributed by atoms with Gasteiger partial charge in [0.15, 0.2) is 0 Å². The lowest BCUT2D eigenvalue weighted by Crippen LogP contribution is -2.35. The second kappa shape index (κ2) is 7.27. The van der Waals surface area contributed by atoms with Crippen molar-refractivity contribution >= 4 is 11.9 Å². The molecule has 0 spiro atoms. The average molecular weight is 243 g/mol. The van der Waals surface area contributed by atoms with Gasteiger partial charge in [0.2, 0.25) is 5.91 Å². The number of amides is 1. The Morgan fingerprint density at radius 1 is 1.53 bits per heavy atom. The third kappa shape index (κ3) is 4.73. The lowest BCUT2D eigenvalue weighted by molar-refractivity contribution is -0.148. The Labute approximate surface area is 102 Å². The van der Waals surface area contributed by atoms with Crippen molar-refractivity contribution < 1.29 is 19.4 Å². The molecule has 0 saturated carbocycles. The van der Waals surface area contributed by atoms with Gasteiger partial charge >= 0.3 is 5.97 Å². The largest absolute Gasteiger partial charge is 0.481 e. The van der Waals surface area contributed by atoms with Crippen LogP contribution in [0.3, 0.4) is 0 Å². The summed E-state index contributed by atoms with van der Waals surface area (Å²) < 4.78 is 5.28. The van der Waals surface area contributed by atoms with Crippen LogP contribution >= 0.6 is 0 Å². The van der Waals surface area contributed by atoms with Gasteiger partial charge in [0.25, 0.3) is 0 Å². The Bertz CT molecular complexity index is 261. The van der Waals surface area contributed by atoms with Gasteiger partial charge in [-0.1, -0.05) is 6.92 Å². The van der Waals surface area contributed by atoms with E-state index >= 15 is 0 Å². The standard InChI is InChI=1S/C12H21NO4/c1-2-5-13-11(14)7-10(12(15)16)9-4-3-6-17-8-9/h9-10H,2-8H2,1H3,(H,13,14)(H,15,16). The molecule has 0 aromatic carbocycles. The highest BCUT2D eigenvalue weighted by atomic mass is 16.5. The van der Waals surface area contributed by atoms with Crippen molar-refractivity contribution in [3.05, 3.63) is 0 Å². The van der Waals surface area contributed by atoms with Crippen molar-refractivity contribution in [2.45, 2.75) is 32.6 Å². The summed E-state index contributed by atoms with van der Waals surface area (Å²) in [6.07, 6.45) is 2.63. The Hall–Kier alpha value is -1.10. The van der Waals surface area contributed by atoms with E-state index < -0.39 is 11.9 Å². The molecule has 2 N–H and O–H groups in total. The van der Waals surface area contributed by atoms with E-state index in [0.29, 0.717) is 19.8 Å². The van der Waals surface area contributed by atoms with Crippen molar-refractivity contribution in [2.75, 3.05) is 19.8 Å². The molecule has 1 heterocycles. The minimum atomic E-state index is -0.896. The number of carboxylic acid groups (broad SMARTS) is 1. The maximum atomic E-state index is 11.5. The predicted octanol–water partition coefficient (Wildman–Crippen LogP) is 1.03. The summed E-state index contributed by atoms with van der Waals surface area (Å²) in [5.41, 5.74) is 0. The molecule has 2 unspecified atom stereocenters. The minimum absolute atomic E-state index is 0.0337. The first kappa shape index (κ1) is 14.0. The minimum Gasteiger partial charge on any atom is -0.481 e. The molecule has 1 amide bonds. The lowest BCUT2D eigenvalue weighted by atomic mass is 9.85. The monoisotopic (exact) mass is 243 g/mol. The topological polar surface area (TPSA) is 75.6 Å². The highest BCUT2D eigenvalue weighted by molar-refractivity contribution is 5.82. The van der Waals surface area contributed by atoms with Gasteiger partial charge in [0, 0.05) is 19.6 Å². The number of carbonyl (C=O) groups is 2. The van der Waals surface area contributed by atoms with E-state index in [2.05, 4.69) is 5.32 Å². The molecule has 0 bridgehead atoms. The van der Waals surface area contributed by atoms with Crippen molar-refractivity contribution in [3.8, 4) is 0 Å². The summed E-state index contributed by atoms with van der Waals surface area (Å²) in [5, 5.41) is 11.9. The first-order valence-electron chi connectivity index (χ1n) is 6.22. The number of aliphatic carboxylic acids is 1. The summed E-state index contributed by atoms with van der Waals surface area (Å²) >= 11 is 0. The zero-order valence-electron chi connectivity index (χ0n) is 10.3. The molecule has 5 heteroatoms. The van der Waals surface area contributed by atoms with Crippen molar-refractivity contribution in [3.63, 3.8) is 0 Å². The Morgan fingerprint density at radius 3 is 2.82 bits per heavy atom. The zero-order valence-corrected chi connectivity index (χ0v) is 10.3. The molecule has 1 rings (SSSR count). The van der Waals surface area contributed by atoms with Crippen LogP contribution in [0.2, 0.25) is 0 Å². The van der Waals surface area contributed by atoms with Gasteiger partial charge in [0.1, 0.15) is 0 Å². The van der Waals surface area contributed by atoms with E-state index in [-0.39, 0.29) is 18.2 Å². The lowest BCUT2D eigenvalue weighted by Gasteiger charge is -2.27. The van der Waals surface area contributed by atoms with Crippen LogP contribution in [0, 0.1) is 11.8 Å². The molecule has 0 aromatic rings. The highest BCUT2D eigenvalue weighted by Crippen LogP contribution is 2.25. The van der Waals surface area contributed by atoms with E-state index in [9.17, 15) is 9.59 Å². The SMILES string of the molecule is CCCNC(=O)CC(C(=O)O)C1CCCOC1. The molecule has 1 fully saturated rings. The van der Waals surface area contributed by atoms with E-state index in [4.69, 9.17) is 9.84 Å². The first-order valence-corrected chi connectivity index (χ1v) is 6.22. The molecule has 1 aliphatic rings. The molecule has 98 valence electrons. The van der Waals surface area contributed by atoms with Gasteiger partial charge in [-0.3, -0.25) is 9.59 Å². The highest BCUT2D eigenvalue weighted by Gasteiger charge is 2.31. The van der Waals surface area contributed by atoms with Gasteiger partial charge in [-0.2, -0.15) is 0 Å². The molecule has 1 saturated heterocycles. The summed E-state index contributed by atoms with van der Waals surface area (Å²) in [6.45, 7) is 3.72. The number of carboxylic acids is 1. The molecular weight excluding hydrogens is 222 g/mol. The fraction of sp³-hybridized carbons (Fsp3) is 0.833. The zero-order chi connectivity index (χ0) is 12.7. The molecular formula is C12H21NO4. The van der Waals surface area contributed by atoms with Crippen molar-refractivity contribution in [1.29, 1.82) is 0 Å². The number of ether oxygens (including phenoxy) is 1. The average Bonchev–Trinajstić information content (AvgIpc) is 2.34. The van der Waals surface area contributed by atoms with E-state index in [1.807, 2.05) is 6.92 Å². The molecule has 5 nitrogen and oxygen atoms in total. The number of rotatable bonds is 6. The molecule has 0 aromatic heterocycles. The van der Waals surface area contributed by atoms with Gasteiger partial charge in [-0.05, 0) is 25.2 Å². The summed E-state index contributed by atoms with van der Waals surface area (Å²) in [5.74, 6) is -1.72. The molecule has 0 aliphatic carbocycles. The number of hydrogen-bond donors (Lipinski definition) is 2. The van der Waals surface area contributed by atoms with Gasteiger partial charge < -0.3 is 15.2 Å². The van der Waals surface area contributed by atoms with Crippen LogP contribution in [-0.2, 0) is 14.3 Å². The third-order valence-corrected chi connectivity index (χ3v) is 3.06. The quantitative estimate of drug-likeness (QED) is 0.730. The van der Waals surface area contributed by atoms with Crippen LogP contribution in [0.1, 0.15) is 32.6 Å². The smallest absolute Gasteiger partial charge is 0.307 e. The fourth-order valence-electron chi connectivity index (χ4n) is 2.07. The second-order valence-electron chi connectivity index (χ2n) is 4.48. The van der Waals surface area contributed by atoms with Crippen LogP contribution in [0.15, 0.2) is 0 Å². The van der Waals surface area contributed by atoms with Gasteiger partial charge in [-0.25, -0.2) is 0 Å². The normalized spacial score (nSPS) is 21.8. The van der Waals surface area contributed by atoms with Crippen molar-refractivity contribution in [1.82, 2.24) is 5.32 Å². The summed E-state index contributed by atoms with van der Waals surface area (Å²) in [6, 6.07) is 0. The molecule has 17 heavy (non-hydrogen) atoms. The van der Waals surface area contributed by atoms with Crippen LogP contribution in [0.25, 0.3) is 0 Å². The van der Waals surface area contributed by atoms with Gasteiger partial charge in [0.05, 0.1) is 12.5 Å². The predicted molar refractivity (Wildman–Crippen MR) is 62.6 cm³/mol. The summed E-state index contributed by atoms with van der Waals surface area (Å²) in [4.78, 5) is 22.7. The van der Waals surface area contributed by atoms with E-state index in [1.54, 1.807) is 0 Å². The molecule has 1 aliphatic heterocycles. The number of hydrogen-bond acceptors (Lipinski definition) is 3. The molecule has 0 radical (unpaired) electrons. The number of carbonyl (C=O) groups excluding carboxylic acids is 1. The van der Waals surface area contributed by atoms with Crippen LogP contribution < -0.4 is 5.32 Å². The Balaban J connectivity index is 2.47. The Morgan fingerprint density at radius 2 is 2.29 bits per heavy atom. The van der Waals surface area contributed by atoms with E-state index in [0.717, 1.165) is 19.3 Å². The second-order valence-corrected chi connectivity index (χ2v) is 4.48. The van der Waals surface area contributed by atoms with Crippen LogP contribution in [0.5, 0.6) is 0 Å². The van der Waals surface area contributed by atoms with Crippen LogP contribution in [-0.4, -0.2) is 36.7 Å². The third-order valence-electron chi connectivity index (χ3n) is 3.06. The maximum absolute atomic E-state index is 11.5. The van der Waals surface area contributed by atoms with Crippen LogP contribution in [0.4, 0.5) is 0 Å². The van der Waals surface area contributed by atoms with Gasteiger partial charge in [-0.15, -0.1) is 0 Å². The first-order chi connectivity index (χ1) is 8.15. The number of nitrogens with one attached hydrogen (secondary N) is 1. The van der Waals surface area contributed by atoms with E-state index in [1.165, 1.54) is 0 Å². The summed E-state index contributed by atoms with van der Waals surface area (Å²) in [7, 11) is 0.